The zero-order chi connectivity index (χ0) is 17.7. The zero-order valence-electron chi connectivity index (χ0n) is 14.2. The number of methoxy groups -OCH3 is 1. The fourth-order valence-electron chi connectivity index (χ4n) is 2.95. The molecule has 24 heavy (non-hydrogen) atoms. The van der Waals surface area contributed by atoms with Gasteiger partial charge in [-0.2, -0.15) is 5.26 Å². The molecule has 0 saturated carbocycles. The summed E-state index contributed by atoms with van der Waals surface area (Å²) in [5.74, 6) is 0.0211. The molecule has 1 aliphatic rings. The van der Waals surface area contributed by atoms with Crippen molar-refractivity contribution in [2.45, 2.75) is 45.2 Å². The van der Waals surface area contributed by atoms with Gasteiger partial charge >= 0.3 is 0 Å². The van der Waals surface area contributed by atoms with Crippen LogP contribution >= 0.6 is 11.6 Å². The molecule has 1 N–H and O–H groups in total. The van der Waals surface area contributed by atoms with Crippen LogP contribution < -0.4 is 10.1 Å². The molecule has 1 heterocycles. The van der Waals surface area contributed by atoms with Crippen molar-refractivity contribution in [3.05, 3.63) is 35.0 Å². The average molecular weight is 348 g/mol. The highest BCUT2D eigenvalue weighted by molar-refractivity contribution is 6.31. The fraction of sp³-hybridized carbons (Fsp3) is 0.444. The molecule has 0 aromatic heterocycles. The first-order valence-corrected chi connectivity index (χ1v) is 8.38. The monoisotopic (exact) mass is 347 g/mol. The fourth-order valence-corrected chi connectivity index (χ4v) is 3.12. The number of carbonyl (C=O) groups excluding carboxylic acids is 1. The maximum Gasteiger partial charge on any atom is 0.267 e. The highest BCUT2D eigenvalue weighted by atomic mass is 35.5. The minimum absolute atomic E-state index is 0.0672. The summed E-state index contributed by atoms with van der Waals surface area (Å²) in [4.78, 5) is 14.6. The van der Waals surface area contributed by atoms with Crippen LogP contribution in [0.3, 0.4) is 0 Å². The SMILES string of the molecule is COc1ccc(Cl)cc1NC(=O)/C(C#N)=C\N1C(C)CCCC1C. The van der Waals surface area contributed by atoms with Gasteiger partial charge in [0, 0.05) is 23.3 Å². The van der Waals surface area contributed by atoms with Crippen LogP contribution in [0.5, 0.6) is 5.75 Å². The molecule has 0 bridgehead atoms. The van der Waals surface area contributed by atoms with Crippen molar-refractivity contribution in [2.75, 3.05) is 12.4 Å². The molecule has 0 radical (unpaired) electrons. The van der Waals surface area contributed by atoms with Gasteiger partial charge in [-0.25, -0.2) is 0 Å². The van der Waals surface area contributed by atoms with Crippen LogP contribution in [0, 0.1) is 11.3 Å². The lowest BCUT2D eigenvalue weighted by Crippen LogP contribution is -2.40. The van der Waals surface area contributed by atoms with Crippen molar-refractivity contribution in [2.24, 2.45) is 0 Å². The van der Waals surface area contributed by atoms with E-state index in [-0.39, 0.29) is 5.57 Å². The van der Waals surface area contributed by atoms with Crippen LogP contribution in [0.25, 0.3) is 0 Å². The molecule has 2 unspecified atom stereocenters. The minimum Gasteiger partial charge on any atom is -0.495 e. The number of hydrogen-bond acceptors (Lipinski definition) is 4. The predicted octanol–water partition coefficient (Wildman–Crippen LogP) is 3.96. The van der Waals surface area contributed by atoms with E-state index >= 15 is 0 Å². The topological polar surface area (TPSA) is 65.4 Å². The average Bonchev–Trinajstić information content (AvgIpc) is 2.55. The largest absolute Gasteiger partial charge is 0.495 e. The second-order valence-electron chi connectivity index (χ2n) is 6.03. The van der Waals surface area contributed by atoms with Gasteiger partial charge in [0.05, 0.1) is 12.8 Å². The van der Waals surface area contributed by atoms with Gasteiger partial charge in [0.25, 0.3) is 5.91 Å². The molecule has 128 valence electrons. The van der Waals surface area contributed by atoms with Gasteiger partial charge in [-0.15, -0.1) is 0 Å². The third kappa shape index (κ3) is 4.21. The van der Waals surface area contributed by atoms with Crippen LogP contribution in [0.1, 0.15) is 33.1 Å². The molecular formula is C18H22ClN3O2. The minimum atomic E-state index is -0.469. The quantitative estimate of drug-likeness (QED) is 0.661. The summed E-state index contributed by atoms with van der Waals surface area (Å²) >= 11 is 5.97. The Bertz CT molecular complexity index is 671. The summed E-state index contributed by atoms with van der Waals surface area (Å²) in [5.41, 5.74) is 0.508. The summed E-state index contributed by atoms with van der Waals surface area (Å²) in [7, 11) is 1.51. The van der Waals surface area contributed by atoms with Gasteiger partial charge in [0.15, 0.2) is 0 Å². The maximum atomic E-state index is 12.5. The number of halogens is 1. The normalized spacial score (nSPS) is 21.1. The number of piperidine rings is 1. The summed E-state index contributed by atoms with van der Waals surface area (Å²) in [6.07, 6.45) is 4.95. The Hall–Kier alpha value is -2.19. The van der Waals surface area contributed by atoms with Gasteiger partial charge in [0.1, 0.15) is 17.4 Å². The Morgan fingerprint density at radius 2 is 2.08 bits per heavy atom. The van der Waals surface area contributed by atoms with Crippen molar-refractivity contribution in [1.82, 2.24) is 4.90 Å². The number of amides is 1. The van der Waals surface area contributed by atoms with E-state index in [0.717, 1.165) is 12.8 Å². The number of benzene rings is 1. The van der Waals surface area contributed by atoms with E-state index < -0.39 is 5.91 Å². The lowest BCUT2D eigenvalue weighted by atomic mass is 9.98. The van der Waals surface area contributed by atoms with E-state index in [1.54, 1.807) is 24.4 Å². The van der Waals surface area contributed by atoms with Crippen molar-refractivity contribution in [3.8, 4) is 11.8 Å². The molecule has 1 aromatic carbocycles. The van der Waals surface area contributed by atoms with Crippen LogP contribution in [-0.2, 0) is 4.79 Å². The van der Waals surface area contributed by atoms with Gasteiger partial charge < -0.3 is 15.0 Å². The van der Waals surface area contributed by atoms with E-state index in [2.05, 4.69) is 24.1 Å². The molecule has 2 atom stereocenters. The second kappa shape index (κ2) is 8.07. The molecule has 2 rings (SSSR count). The third-order valence-electron chi connectivity index (χ3n) is 4.31. The number of nitrogens with zero attached hydrogens (tertiary/aromatic N) is 2. The first-order chi connectivity index (χ1) is 11.5. The number of anilines is 1. The third-order valence-corrected chi connectivity index (χ3v) is 4.55. The van der Waals surface area contributed by atoms with E-state index in [1.165, 1.54) is 13.5 Å². The zero-order valence-corrected chi connectivity index (χ0v) is 14.9. The Labute approximate surface area is 147 Å². The molecule has 0 spiro atoms. The number of ether oxygens (including phenoxy) is 1. The van der Waals surface area contributed by atoms with Gasteiger partial charge in [-0.05, 0) is 51.3 Å². The second-order valence-corrected chi connectivity index (χ2v) is 6.47. The molecule has 1 amide bonds. The lowest BCUT2D eigenvalue weighted by molar-refractivity contribution is -0.112. The predicted molar refractivity (Wildman–Crippen MR) is 94.9 cm³/mol. The molecule has 1 aliphatic heterocycles. The number of hydrogen-bond donors (Lipinski definition) is 1. The Morgan fingerprint density at radius 1 is 1.42 bits per heavy atom. The number of likely N-dealkylation sites (tertiary alicyclic amines) is 1. The maximum absolute atomic E-state index is 12.5. The van der Waals surface area contributed by atoms with Crippen LogP contribution in [0.4, 0.5) is 5.69 Å². The number of carbonyl (C=O) groups is 1. The summed E-state index contributed by atoms with van der Waals surface area (Å²) in [6, 6.07) is 7.56. The molecule has 1 fully saturated rings. The number of nitrogens with one attached hydrogen (secondary N) is 1. The molecule has 0 aliphatic carbocycles. The number of nitriles is 1. The summed E-state index contributed by atoms with van der Waals surface area (Å²) in [6.45, 7) is 4.22. The summed E-state index contributed by atoms with van der Waals surface area (Å²) in [5, 5.41) is 12.6. The van der Waals surface area contributed by atoms with Crippen molar-refractivity contribution < 1.29 is 9.53 Å². The van der Waals surface area contributed by atoms with Crippen LogP contribution in [0.2, 0.25) is 5.02 Å². The van der Waals surface area contributed by atoms with Crippen molar-refractivity contribution in [1.29, 1.82) is 5.26 Å². The molecule has 6 heteroatoms. The van der Waals surface area contributed by atoms with Crippen molar-refractivity contribution >= 4 is 23.2 Å². The highest BCUT2D eigenvalue weighted by Crippen LogP contribution is 2.28. The van der Waals surface area contributed by atoms with E-state index in [1.807, 2.05) is 6.07 Å². The smallest absolute Gasteiger partial charge is 0.267 e. The molecule has 1 saturated heterocycles. The van der Waals surface area contributed by atoms with E-state index in [4.69, 9.17) is 16.3 Å². The van der Waals surface area contributed by atoms with Crippen molar-refractivity contribution in [3.63, 3.8) is 0 Å². The van der Waals surface area contributed by atoms with Crippen LogP contribution in [-0.4, -0.2) is 30.0 Å². The molecule has 5 nitrogen and oxygen atoms in total. The first kappa shape index (κ1) is 18.2. The highest BCUT2D eigenvalue weighted by Gasteiger charge is 2.24. The Balaban J connectivity index is 2.22. The first-order valence-electron chi connectivity index (χ1n) is 8.00. The summed E-state index contributed by atoms with van der Waals surface area (Å²) < 4.78 is 5.21. The molecular weight excluding hydrogens is 326 g/mol. The number of rotatable bonds is 4. The lowest BCUT2D eigenvalue weighted by Gasteiger charge is -2.38. The Morgan fingerprint density at radius 3 is 2.67 bits per heavy atom. The Kier molecular flexibility index (Phi) is 6.10. The van der Waals surface area contributed by atoms with Gasteiger partial charge in [0.2, 0.25) is 0 Å². The molecule has 1 aromatic rings. The van der Waals surface area contributed by atoms with Gasteiger partial charge in [-0.3, -0.25) is 4.79 Å². The standard InChI is InChI=1S/C18H22ClN3O2/c1-12-5-4-6-13(2)22(12)11-14(10-20)18(23)21-16-9-15(19)7-8-17(16)24-3/h7-9,11-13H,4-6H2,1-3H3,(H,21,23)/b14-11-. The van der Waals surface area contributed by atoms with E-state index in [0.29, 0.717) is 28.5 Å². The van der Waals surface area contributed by atoms with E-state index in [9.17, 15) is 10.1 Å². The van der Waals surface area contributed by atoms with Crippen LogP contribution in [0.15, 0.2) is 30.0 Å². The van der Waals surface area contributed by atoms with Gasteiger partial charge in [-0.1, -0.05) is 11.6 Å².